The summed E-state index contributed by atoms with van der Waals surface area (Å²) in [5, 5.41) is 10.7. The predicted molar refractivity (Wildman–Crippen MR) is 446 cm³/mol. The molecule has 0 aromatic heterocycles. The minimum absolute atomic E-state index is 0.109. The standard InChI is InChI=1S/C89H174O17P2/c1-6-9-12-15-18-21-24-27-29-33-38-43-48-53-58-63-68-73-87(92)100-79-85(106-89(94)75-70-65-60-55-50-45-40-36-32-31-35-37-42-46-51-56-61-66-71-82(4)5)81-104-108(97,98)102-77-83(90)76-101-107(95,96)103-80-84(78-99-86(91)72-67-62-57-52-47-41-26-23-20-17-14-11-8-3)105-88(93)74-69-64-59-54-49-44-39-34-30-28-25-22-19-16-13-10-7-2/h82-85,90H,6-81H2,1-5H3,(H,95,96)(H,97,98)/t83-,84+,85+/m0/s1. The summed E-state index contributed by atoms with van der Waals surface area (Å²) in [4.78, 5) is 73.4. The highest BCUT2D eigenvalue weighted by Gasteiger charge is 2.30. The molecule has 17 nitrogen and oxygen atoms in total. The summed E-state index contributed by atoms with van der Waals surface area (Å²) in [5.74, 6) is -1.27. The second kappa shape index (κ2) is 81.6. The van der Waals surface area contributed by atoms with Crippen molar-refractivity contribution in [2.45, 2.75) is 502 Å². The molecule has 0 aliphatic carbocycles. The van der Waals surface area contributed by atoms with Crippen molar-refractivity contribution in [3.05, 3.63) is 0 Å². The smallest absolute Gasteiger partial charge is 0.462 e. The van der Waals surface area contributed by atoms with E-state index < -0.39 is 97.5 Å². The molecule has 0 rings (SSSR count). The normalized spacial score (nSPS) is 13.7. The number of hydrogen-bond donors (Lipinski definition) is 3. The van der Waals surface area contributed by atoms with Gasteiger partial charge in [-0.3, -0.25) is 37.3 Å². The number of ether oxygens (including phenoxy) is 4. The fourth-order valence-electron chi connectivity index (χ4n) is 14.0. The number of unbranched alkanes of at least 4 members (excludes halogenated alkanes) is 61. The van der Waals surface area contributed by atoms with Crippen LogP contribution < -0.4 is 0 Å². The Labute approximate surface area is 664 Å². The molecule has 0 bridgehead atoms. The Hall–Kier alpha value is -1.94. The van der Waals surface area contributed by atoms with Crippen molar-refractivity contribution in [3.8, 4) is 0 Å². The van der Waals surface area contributed by atoms with E-state index >= 15 is 0 Å². The number of phosphoric ester groups is 2. The number of carbonyl (C=O) groups is 4. The molecule has 0 amide bonds. The second-order valence-corrected chi connectivity index (χ2v) is 35.4. The van der Waals surface area contributed by atoms with Crippen LogP contribution in [0.25, 0.3) is 0 Å². The van der Waals surface area contributed by atoms with Crippen LogP contribution in [-0.2, 0) is 65.4 Å². The fraction of sp³-hybridized carbons (Fsp3) is 0.955. The largest absolute Gasteiger partial charge is 0.472 e. The summed E-state index contributed by atoms with van der Waals surface area (Å²) >= 11 is 0. The maximum Gasteiger partial charge on any atom is 0.472 e. The van der Waals surface area contributed by atoms with Crippen molar-refractivity contribution in [2.24, 2.45) is 5.92 Å². The molecule has 0 radical (unpaired) electrons. The lowest BCUT2D eigenvalue weighted by atomic mass is 10.0. The van der Waals surface area contributed by atoms with Gasteiger partial charge in [0.25, 0.3) is 0 Å². The summed E-state index contributed by atoms with van der Waals surface area (Å²) in [6, 6.07) is 0. The third-order valence-corrected chi connectivity index (χ3v) is 22.9. The van der Waals surface area contributed by atoms with E-state index in [2.05, 4.69) is 34.6 Å². The predicted octanol–water partition coefficient (Wildman–Crippen LogP) is 27.5. The summed E-state index contributed by atoms with van der Waals surface area (Å²) in [6.07, 6.45) is 76.3. The van der Waals surface area contributed by atoms with Crippen LogP contribution in [0.5, 0.6) is 0 Å². The highest BCUT2D eigenvalue weighted by Crippen LogP contribution is 2.45. The van der Waals surface area contributed by atoms with Gasteiger partial charge in [0.05, 0.1) is 26.4 Å². The molecule has 3 N–H and O–H groups in total. The first-order valence-corrected chi connectivity index (χ1v) is 49.1. The number of hydrogen-bond acceptors (Lipinski definition) is 15. The van der Waals surface area contributed by atoms with Crippen LogP contribution in [0.2, 0.25) is 0 Å². The molecule has 108 heavy (non-hydrogen) atoms. The van der Waals surface area contributed by atoms with Crippen molar-refractivity contribution in [2.75, 3.05) is 39.6 Å². The van der Waals surface area contributed by atoms with E-state index in [0.29, 0.717) is 25.7 Å². The Balaban J connectivity index is 5.25. The first kappa shape index (κ1) is 106. The van der Waals surface area contributed by atoms with Crippen molar-refractivity contribution in [3.63, 3.8) is 0 Å². The first-order valence-electron chi connectivity index (χ1n) is 46.1. The van der Waals surface area contributed by atoms with E-state index in [0.717, 1.165) is 95.8 Å². The SMILES string of the molecule is CCCCCCCCCCCCCCCCCCCC(=O)OC[C@H](COP(=O)(O)OC[C@@H](O)COP(=O)(O)OC[C@@H](COC(=O)CCCCCCCCCCCCCCC)OC(=O)CCCCCCCCCCCCCCCCCCC)OC(=O)CCCCCCCCCCCCCCCCCCCCC(C)C. The highest BCUT2D eigenvalue weighted by atomic mass is 31.2. The van der Waals surface area contributed by atoms with E-state index in [1.54, 1.807) is 0 Å². The Kier molecular flexibility index (Phi) is 80.2. The van der Waals surface area contributed by atoms with Gasteiger partial charge in [-0.15, -0.1) is 0 Å². The van der Waals surface area contributed by atoms with E-state index in [1.807, 2.05) is 0 Å². The Morgan fingerprint density at radius 2 is 0.426 bits per heavy atom. The lowest BCUT2D eigenvalue weighted by Gasteiger charge is -2.21. The Morgan fingerprint density at radius 3 is 0.630 bits per heavy atom. The quantitative estimate of drug-likeness (QED) is 0.0222. The second-order valence-electron chi connectivity index (χ2n) is 32.5. The van der Waals surface area contributed by atoms with Crippen molar-refractivity contribution >= 4 is 39.5 Å². The van der Waals surface area contributed by atoms with Crippen molar-refractivity contribution in [1.29, 1.82) is 0 Å². The average Bonchev–Trinajstić information content (AvgIpc) is 0.899. The molecule has 2 unspecified atom stereocenters. The van der Waals surface area contributed by atoms with E-state index in [-0.39, 0.29) is 25.7 Å². The molecule has 0 aliphatic heterocycles. The molecule has 0 aliphatic rings. The molecule has 0 heterocycles. The highest BCUT2D eigenvalue weighted by molar-refractivity contribution is 7.47. The maximum absolute atomic E-state index is 13.2. The molecule has 642 valence electrons. The van der Waals surface area contributed by atoms with Gasteiger partial charge < -0.3 is 33.8 Å². The third kappa shape index (κ3) is 82.1. The van der Waals surface area contributed by atoms with Crippen LogP contribution in [0.1, 0.15) is 484 Å². The van der Waals surface area contributed by atoms with E-state index in [1.165, 1.54) is 308 Å². The summed E-state index contributed by atoms with van der Waals surface area (Å²) < 4.78 is 69.0. The zero-order valence-electron chi connectivity index (χ0n) is 71.0. The molecule has 5 atom stereocenters. The zero-order chi connectivity index (χ0) is 79.0. The van der Waals surface area contributed by atoms with Crippen LogP contribution in [0.4, 0.5) is 0 Å². The first-order chi connectivity index (χ1) is 52.5. The number of phosphoric acid groups is 2. The van der Waals surface area contributed by atoms with Crippen molar-refractivity contribution in [1.82, 2.24) is 0 Å². The van der Waals surface area contributed by atoms with E-state index in [9.17, 15) is 43.2 Å². The fourth-order valence-corrected chi connectivity index (χ4v) is 15.6. The lowest BCUT2D eigenvalue weighted by Crippen LogP contribution is -2.30. The molecule has 0 aromatic carbocycles. The van der Waals surface area contributed by atoms with Gasteiger partial charge in [0.2, 0.25) is 0 Å². The molecule has 0 saturated heterocycles. The average molecular weight is 1580 g/mol. The summed E-state index contributed by atoms with van der Waals surface area (Å²) in [7, 11) is -9.93. The molecule has 0 spiro atoms. The van der Waals surface area contributed by atoms with Gasteiger partial charge in [0, 0.05) is 25.7 Å². The molecule has 0 aromatic rings. The topological polar surface area (TPSA) is 237 Å². The summed E-state index contributed by atoms with van der Waals surface area (Å²) in [6.45, 7) is 7.43. The van der Waals surface area contributed by atoms with Crippen LogP contribution in [0, 0.1) is 5.92 Å². The van der Waals surface area contributed by atoms with Crippen LogP contribution in [0.3, 0.4) is 0 Å². The number of rotatable bonds is 89. The van der Waals surface area contributed by atoms with Gasteiger partial charge in [-0.05, 0) is 31.6 Å². The van der Waals surface area contributed by atoms with Crippen molar-refractivity contribution < 1.29 is 80.2 Å². The number of aliphatic hydroxyl groups is 1. The molecule has 19 heteroatoms. The van der Waals surface area contributed by atoms with Crippen LogP contribution in [0.15, 0.2) is 0 Å². The monoisotopic (exact) mass is 1580 g/mol. The minimum atomic E-state index is -4.97. The third-order valence-electron chi connectivity index (χ3n) is 21.0. The molecule has 0 fully saturated rings. The number of carbonyl (C=O) groups excluding carboxylic acids is 4. The summed E-state index contributed by atoms with van der Waals surface area (Å²) in [5.41, 5.74) is 0. The molecule has 0 saturated carbocycles. The number of aliphatic hydroxyl groups excluding tert-OH is 1. The van der Waals surface area contributed by atoms with Gasteiger partial charge in [-0.25, -0.2) is 9.13 Å². The van der Waals surface area contributed by atoms with Gasteiger partial charge in [-0.2, -0.15) is 0 Å². The molecular formula is C89H174O17P2. The maximum atomic E-state index is 13.2. The van der Waals surface area contributed by atoms with Crippen LogP contribution >= 0.6 is 15.6 Å². The van der Waals surface area contributed by atoms with Crippen LogP contribution in [-0.4, -0.2) is 96.7 Å². The minimum Gasteiger partial charge on any atom is -0.462 e. The number of esters is 4. The Bertz CT molecular complexity index is 2050. The zero-order valence-corrected chi connectivity index (χ0v) is 72.8. The Morgan fingerprint density at radius 1 is 0.250 bits per heavy atom. The van der Waals surface area contributed by atoms with Gasteiger partial charge in [0.1, 0.15) is 19.3 Å². The van der Waals surface area contributed by atoms with Gasteiger partial charge in [0.15, 0.2) is 12.2 Å². The van der Waals surface area contributed by atoms with Gasteiger partial charge >= 0.3 is 39.5 Å². The lowest BCUT2D eigenvalue weighted by molar-refractivity contribution is -0.161. The van der Waals surface area contributed by atoms with Gasteiger partial charge in [-0.1, -0.05) is 433 Å². The van der Waals surface area contributed by atoms with E-state index in [4.69, 9.17) is 37.0 Å². The molecular weight excluding hydrogens is 1400 g/mol.